The van der Waals surface area contributed by atoms with E-state index in [1.807, 2.05) is 17.0 Å². The zero-order valence-corrected chi connectivity index (χ0v) is 15.6. The highest BCUT2D eigenvalue weighted by Gasteiger charge is 2.36. The molecule has 1 amide bonds. The predicted octanol–water partition coefficient (Wildman–Crippen LogP) is 3.65. The molecule has 5 rings (SSSR count). The summed E-state index contributed by atoms with van der Waals surface area (Å²) >= 11 is 0. The molecule has 142 valence electrons. The molecule has 1 atom stereocenters. The Bertz CT molecular complexity index is 873. The minimum atomic E-state index is 0.0324. The average Bonchev–Trinajstić information content (AvgIpc) is 3.21. The fourth-order valence-corrected chi connectivity index (χ4v) is 4.19. The van der Waals surface area contributed by atoms with Gasteiger partial charge in [-0.05, 0) is 48.8 Å². The Morgan fingerprint density at radius 1 is 1.22 bits per heavy atom. The fraction of sp³-hybridized carbons (Fsp3) is 0.524. The van der Waals surface area contributed by atoms with Crippen molar-refractivity contribution in [2.24, 2.45) is 5.41 Å². The van der Waals surface area contributed by atoms with Gasteiger partial charge < -0.3 is 18.9 Å². The molecule has 1 aliphatic carbocycles. The van der Waals surface area contributed by atoms with E-state index in [0.717, 1.165) is 42.3 Å². The lowest BCUT2D eigenvalue weighted by Crippen LogP contribution is -2.45. The van der Waals surface area contributed by atoms with Crippen molar-refractivity contribution < 1.29 is 18.8 Å². The molecule has 0 unspecified atom stereocenters. The largest absolute Gasteiger partial charge is 0.454 e. The lowest BCUT2D eigenvalue weighted by atomic mass is 9.76. The quantitative estimate of drug-likeness (QED) is 0.806. The number of hydrogen-bond acceptors (Lipinski definition) is 5. The second-order valence-corrected chi connectivity index (χ2v) is 8.42. The Morgan fingerprint density at radius 3 is 2.93 bits per heavy atom. The third kappa shape index (κ3) is 3.40. The highest BCUT2D eigenvalue weighted by atomic mass is 16.7. The summed E-state index contributed by atoms with van der Waals surface area (Å²) in [5.41, 5.74) is 2.11. The van der Waals surface area contributed by atoms with Crippen molar-refractivity contribution in [3.05, 3.63) is 41.3 Å². The molecular weight excluding hydrogens is 344 g/mol. The molecule has 3 heterocycles. The number of carbonyl (C=O) groups is 1. The lowest BCUT2D eigenvalue weighted by Gasteiger charge is -2.40. The maximum Gasteiger partial charge on any atom is 0.231 e. The van der Waals surface area contributed by atoms with E-state index in [1.165, 1.54) is 18.4 Å². The van der Waals surface area contributed by atoms with Gasteiger partial charge in [0, 0.05) is 24.9 Å². The Balaban J connectivity index is 1.28. The van der Waals surface area contributed by atoms with Gasteiger partial charge in [0.15, 0.2) is 11.5 Å². The van der Waals surface area contributed by atoms with Gasteiger partial charge in [-0.3, -0.25) is 4.79 Å². The van der Waals surface area contributed by atoms with Crippen LogP contribution in [0, 0.1) is 5.41 Å². The summed E-state index contributed by atoms with van der Waals surface area (Å²) in [6, 6.07) is 8.16. The normalized spacial score (nSPS) is 24.5. The van der Waals surface area contributed by atoms with Crippen LogP contribution in [0.1, 0.15) is 55.5 Å². The number of hydrogen-bond donors (Lipinski definition) is 0. The molecule has 6 nitrogen and oxygen atoms in total. The summed E-state index contributed by atoms with van der Waals surface area (Å²) in [4.78, 5) is 14.4. The van der Waals surface area contributed by atoms with Crippen LogP contribution in [0.15, 0.2) is 28.8 Å². The van der Waals surface area contributed by atoms with Crippen LogP contribution < -0.4 is 9.47 Å². The van der Waals surface area contributed by atoms with E-state index in [9.17, 15) is 4.79 Å². The van der Waals surface area contributed by atoms with Gasteiger partial charge in [0.05, 0.1) is 6.54 Å². The van der Waals surface area contributed by atoms with Gasteiger partial charge in [-0.25, -0.2) is 0 Å². The number of piperidine rings is 1. The molecule has 0 bridgehead atoms. The molecule has 3 aliphatic rings. The maximum absolute atomic E-state index is 12.5. The van der Waals surface area contributed by atoms with Crippen molar-refractivity contribution in [3.8, 4) is 11.5 Å². The van der Waals surface area contributed by atoms with Crippen molar-refractivity contribution in [1.29, 1.82) is 0 Å². The molecule has 1 aromatic carbocycles. The van der Waals surface area contributed by atoms with Crippen LogP contribution in [0.5, 0.6) is 11.5 Å². The average molecular weight is 368 g/mol. The van der Waals surface area contributed by atoms with Crippen LogP contribution >= 0.6 is 0 Å². The van der Waals surface area contributed by atoms with Crippen LogP contribution in [-0.4, -0.2) is 29.3 Å². The molecule has 0 N–H and O–H groups in total. The summed E-state index contributed by atoms with van der Waals surface area (Å²) in [6.07, 6.45) is 4.74. The zero-order valence-electron chi connectivity index (χ0n) is 15.6. The molecule has 2 fully saturated rings. The van der Waals surface area contributed by atoms with Crippen molar-refractivity contribution in [2.45, 2.75) is 51.5 Å². The molecular formula is C21H24N2O4. The molecule has 2 aliphatic heterocycles. The van der Waals surface area contributed by atoms with E-state index in [1.54, 1.807) is 0 Å². The van der Waals surface area contributed by atoms with Crippen molar-refractivity contribution in [2.75, 3.05) is 13.3 Å². The summed E-state index contributed by atoms with van der Waals surface area (Å²) in [6.45, 7) is 3.81. The first-order chi connectivity index (χ1) is 13.1. The molecule has 2 aromatic rings. The van der Waals surface area contributed by atoms with Crippen molar-refractivity contribution in [1.82, 2.24) is 10.1 Å². The van der Waals surface area contributed by atoms with Crippen LogP contribution in [-0.2, 0) is 17.8 Å². The Morgan fingerprint density at radius 2 is 2.07 bits per heavy atom. The highest BCUT2D eigenvalue weighted by molar-refractivity contribution is 5.77. The van der Waals surface area contributed by atoms with Gasteiger partial charge in [0.2, 0.25) is 12.7 Å². The van der Waals surface area contributed by atoms with Crippen LogP contribution in [0.2, 0.25) is 0 Å². The number of rotatable bonds is 5. The smallest absolute Gasteiger partial charge is 0.231 e. The van der Waals surface area contributed by atoms with Gasteiger partial charge >= 0.3 is 0 Å². The van der Waals surface area contributed by atoms with E-state index in [2.05, 4.69) is 24.2 Å². The van der Waals surface area contributed by atoms with Gasteiger partial charge in [-0.15, -0.1) is 0 Å². The maximum atomic E-state index is 12.5. The van der Waals surface area contributed by atoms with Crippen molar-refractivity contribution in [3.63, 3.8) is 0 Å². The number of nitrogens with zero attached hydrogens (tertiary/aromatic N) is 2. The number of ether oxygens (including phenoxy) is 2. The molecule has 1 aromatic heterocycles. The first-order valence-corrected chi connectivity index (χ1v) is 9.70. The third-order valence-electron chi connectivity index (χ3n) is 5.85. The van der Waals surface area contributed by atoms with Gasteiger partial charge in [0.25, 0.3) is 0 Å². The van der Waals surface area contributed by atoms with Crippen molar-refractivity contribution >= 4 is 5.91 Å². The Labute approximate surface area is 158 Å². The summed E-state index contributed by atoms with van der Waals surface area (Å²) in [5.74, 6) is 3.34. The van der Waals surface area contributed by atoms with E-state index < -0.39 is 0 Å². The zero-order chi connectivity index (χ0) is 18.4. The van der Waals surface area contributed by atoms with Gasteiger partial charge in [0.1, 0.15) is 11.5 Å². The lowest BCUT2D eigenvalue weighted by molar-refractivity contribution is -0.138. The number of carbonyl (C=O) groups excluding carboxylic acids is 1. The second kappa shape index (κ2) is 6.29. The third-order valence-corrected chi connectivity index (χ3v) is 5.85. The summed E-state index contributed by atoms with van der Waals surface area (Å²) < 4.78 is 16.3. The first-order valence-electron chi connectivity index (χ1n) is 9.70. The predicted molar refractivity (Wildman–Crippen MR) is 97.5 cm³/mol. The Kier molecular flexibility index (Phi) is 3.88. The van der Waals surface area contributed by atoms with E-state index in [0.29, 0.717) is 25.7 Å². The molecule has 0 radical (unpaired) electrons. The topological polar surface area (TPSA) is 64.8 Å². The number of aromatic nitrogens is 1. The molecule has 0 spiro atoms. The summed E-state index contributed by atoms with van der Waals surface area (Å²) in [7, 11) is 0. The van der Waals surface area contributed by atoms with Crippen LogP contribution in [0.25, 0.3) is 0 Å². The fourth-order valence-electron chi connectivity index (χ4n) is 4.19. The summed E-state index contributed by atoms with van der Waals surface area (Å²) in [5, 5.41) is 4.18. The van der Waals surface area contributed by atoms with E-state index in [-0.39, 0.29) is 11.3 Å². The number of amides is 1. The minimum absolute atomic E-state index is 0.0324. The first kappa shape index (κ1) is 16.7. The molecule has 1 saturated heterocycles. The number of benzene rings is 1. The van der Waals surface area contributed by atoms with Crippen LogP contribution in [0.4, 0.5) is 0 Å². The monoisotopic (exact) mass is 368 g/mol. The van der Waals surface area contributed by atoms with E-state index >= 15 is 0 Å². The number of likely N-dealkylation sites (tertiary alicyclic amines) is 1. The molecule has 27 heavy (non-hydrogen) atoms. The SMILES string of the molecule is C[C@]1(Cc2ccc3c(c2)OCO3)CCC(=O)N(Cc2cc(C3CC3)on2)C1. The highest BCUT2D eigenvalue weighted by Crippen LogP contribution is 2.41. The number of fused-ring (bicyclic) bond motifs is 1. The Hall–Kier alpha value is -2.50. The van der Waals surface area contributed by atoms with Gasteiger partial charge in [-0.1, -0.05) is 18.1 Å². The van der Waals surface area contributed by atoms with E-state index in [4.69, 9.17) is 14.0 Å². The second-order valence-electron chi connectivity index (χ2n) is 8.42. The minimum Gasteiger partial charge on any atom is -0.454 e. The van der Waals surface area contributed by atoms with Crippen LogP contribution in [0.3, 0.4) is 0 Å². The molecule has 6 heteroatoms. The van der Waals surface area contributed by atoms with Gasteiger partial charge in [-0.2, -0.15) is 0 Å². The molecule has 1 saturated carbocycles. The standard InChI is InChI=1S/C21H24N2O4/c1-21(10-14-2-5-17-19(8-14)26-13-25-17)7-6-20(24)23(12-21)11-16-9-18(27-22-16)15-3-4-15/h2,5,8-9,15H,3-4,6-7,10-13H2,1H3/t21-/m1/s1.